The van der Waals surface area contributed by atoms with Gasteiger partial charge in [-0.15, -0.1) is 0 Å². The molecule has 5 heteroatoms. The molecule has 0 aliphatic rings. The first-order valence-electron chi connectivity index (χ1n) is 8.19. The minimum atomic E-state index is -0.252. The number of urea groups is 1. The molecule has 0 saturated heterocycles. The highest BCUT2D eigenvalue weighted by molar-refractivity contribution is 5.74. The van der Waals surface area contributed by atoms with Gasteiger partial charge in [-0.05, 0) is 55.2 Å². The Bertz CT molecular complexity index is 645. The summed E-state index contributed by atoms with van der Waals surface area (Å²) in [7, 11) is 1.80. The Morgan fingerprint density at radius 2 is 1.83 bits per heavy atom. The molecule has 0 unspecified atom stereocenters. The van der Waals surface area contributed by atoms with Gasteiger partial charge in [0, 0.05) is 25.5 Å². The number of rotatable bonds is 6. The Hall–Kier alpha value is -2.43. The van der Waals surface area contributed by atoms with Crippen molar-refractivity contribution in [2.24, 2.45) is 0 Å². The quantitative estimate of drug-likeness (QED) is 0.872. The van der Waals surface area contributed by atoms with Crippen LogP contribution in [0.5, 0.6) is 0 Å². The lowest BCUT2D eigenvalue weighted by Gasteiger charge is -2.29. The molecular weight excluding hydrogens is 305 g/mol. The third-order valence-corrected chi connectivity index (χ3v) is 4.09. The first-order valence-corrected chi connectivity index (χ1v) is 8.19. The third-order valence-electron chi connectivity index (χ3n) is 4.09. The Morgan fingerprint density at radius 1 is 1.21 bits per heavy atom. The molecule has 24 heavy (non-hydrogen) atoms. The number of halogens is 1. The zero-order valence-electron chi connectivity index (χ0n) is 14.4. The van der Waals surface area contributed by atoms with Crippen LogP contribution in [0.25, 0.3) is 0 Å². The fourth-order valence-electron chi connectivity index (χ4n) is 2.80. The van der Waals surface area contributed by atoms with Crippen LogP contribution in [-0.4, -0.2) is 29.0 Å². The molecule has 1 heterocycles. The number of nitrogens with zero attached hydrogens (tertiary/aromatic N) is 2. The number of carbonyl (C=O) groups is 1. The summed E-state index contributed by atoms with van der Waals surface area (Å²) in [6.07, 6.45) is 4.95. The SMILES string of the molecule is CC[C@@H](c1ccncc1)N(C)C(=O)N[C@@H](C)Cc1ccc(F)cc1. The molecule has 128 valence electrons. The summed E-state index contributed by atoms with van der Waals surface area (Å²) in [4.78, 5) is 18.3. The van der Waals surface area contributed by atoms with Gasteiger partial charge in [0.05, 0.1) is 6.04 Å². The number of amides is 2. The largest absolute Gasteiger partial charge is 0.335 e. The van der Waals surface area contributed by atoms with Crippen LogP contribution in [0.4, 0.5) is 9.18 Å². The highest BCUT2D eigenvalue weighted by Gasteiger charge is 2.21. The van der Waals surface area contributed by atoms with Crippen LogP contribution >= 0.6 is 0 Å². The van der Waals surface area contributed by atoms with Crippen molar-refractivity contribution in [1.29, 1.82) is 0 Å². The predicted octanol–water partition coefficient (Wildman–Crippen LogP) is 3.94. The van der Waals surface area contributed by atoms with Gasteiger partial charge >= 0.3 is 6.03 Å². The van der Waals surface area contributed by atoms with Crippen molar-refractivity contribution in [2.45, 2.75) is 38.8 Å². The van der Waals surface area contributed by atoms with Gasteiger partial charge in [0.25, 0.3) is 0 Å². The first kappa shape index (κ1) is 17.9. The fourth-order valence-corrected chi connectivity index (χ4v) is 2.80. The van der Waals surface area contributed by atoms with E-state index in [0.717, 1.165) is 17.5 Å². The lowest BCUT2D eigenvalue weighted by atomic mass is 10.0. The first-order chi connectivity index (χ1) is 11.5. The minimum absolute atomic E-state index is 0.00558. The molecule has 0 spiro atoms. The normalized spacial score (nSPS) is 13.2. The molecule has 0 saturated carbocycles. The van der Waals surface area contributed by atoms with E-state index >= 15 is 0 Å². The number of benzene rings is 1. The molecule has 0 fully saturated rings. The van der Waals surface area contributed by atoms with Gasteiger partial charge in [-0.3, -0.25) is 4.98 Å². The summed E-state index contributed by atoms with van der Waals surface area (Å²) in [6.45, 7) is 4.00. The lowest BCUT2D eigenvalue weighted by Crippen LogP contribution is -2.44. The number of aromatic nitrogens is 1. The van der Waals surface area contributed by atoms with Crippen molar-refractivity contribution in [3.05, 3.63) is 65.7 Å². The molecule has 0 aliphatic carbocycles. The van der Waals surface area contributed by atoms with E-state index in [2.05, 4.69) is 17.2 Å². The number of pyridine rings is 1. The molecule has 2 rings (SSSR count). The van der Waals surface area contributed by atoms with Gasteiger partial charge < -0.3 is 10.2 Å². The molecule has 2 amide bonds. The van der Waals surface area contributed by atoms with E-state index < -0.39 is 0 Å². The van der Waals surface area contributed by atoms with E-state index in [4.69, 9.17) is 0 Å². The standard InChI is InChI=1S/C19H24FN3O/c1-4-18(16-9-11-21-12-10-16)23(3)19(24)22-14(2)13-15-5-7-17(20)8-6-15/h5-12,14,18H,4,13H2,1-3H3,(H,22,24)/t14-,18-/m0/s1. The Kier molecular flexibility index (Phi) is 6.29. The van der Waals surface area contributed by atoms with E-state index in [9.17, 15) is 9.18 Å². The van der Waals surface area contributed by atoms with Crippen LogP contribution in [0.2, 0.25) is 0 Å². The Morgan fingerprint density at radius 3 is 2.42 bits per heavy atom. The number of hydrogen-bond donors (Lipinski definition) is 1. The Labute approximate surface area is 142 Å². The molecule has 1 N–H and O–H groups in total. The molecule has 4 nitrogen and oxygen atoms in total. The zero-order valence-corrected chi connectivity index (χ0v) is 14.4. The molecule has 0 bridgehead atoms. The maximum Gasteiger partial charge on any atom is 0.317 e. The van der Waals surface area contributed by atoms with Gasteiger partial charge in [-0.1, -0.05) is 19.1 Å². The molecule has 0 aliphatic heterocycles. The van der Waals surface area contributed by atoms with Gasteiger partial charge in [0.1, 0.15) is 5.82 Å². The maximum atomic E-state index is 12.9. The average Bonchev–Trinajstić information content (AvgIpc) is 2.58. The summed E-state index contributed by atoms with van der Waals surface area (Å²) in [6, 6.07) is 10.1. The van der Waals surface area contributed by atoms with Crippen molar-refractivity contribution in [2.75, 3.05) is 7.05 Å². The highest BCUT2D eigenvalue weighted by atomic mass is 19.1. The molecule has 1 aromatic carbocycles. The van der Waals surface area contributed by atoms with Crippen molar-refractivity contribution in [3.8, 4) is 0 Å². The average molecular weight is 329 g/mol. The Balaban J connectivity index is 1.95. The van der Waals surface area contributed by atoms with E-state index in [1.807, 2.05) is 19.1 Å². The third kappa shape index (κ3) is 4.78. The van der Waals surface area contributed by atoms with E-state index in [-0.39, 0.29) is 23.9 Å². The number of hydrogen-bond acceptors (Lipinski definition) is 2. The zero-order chi connectivity index (χ0) is 17.5. The van der Waals surface area contributed by atoms with Crippen LogP contribution in [-0.2, 0) is 6.42 Å². The minimum Gasteiger partial charge on any atom is -0.335 e. The van der Waals surface area contributed by atoms with Crippen molar-refractivity contribution < 1.29 is 9.18 Å². The monoisotopic (exact) mass is 329 g/mol. The molecular formula is C19H24FN3O. The highest BCUT2D eigenvalue weighted by Crippen LogP contribution is 2.22. The predicted molar refractivity (Wildman–Crippen MR) is 93.1 cm³/mol. The molecule has 1 aromatic heterocycles. The van der Waals surface area contributed by atoms with Gasteiger partial charge in [0.2, 0.25) is 0 Å². The molecule has 0 radical (unpaired) electrons. The summed E-state index contributed by atoms with van der Waals surface area (Å²) >= 11 is 0. The topological polar surface area (TPSA) is 45.2 Å². The van der Waals surface area contributed by atoms with Gasteiger partial charge in [-0.25, -0.2) is 9.18 Å². The van der Waals surface area contributed by atoms with E-state index in [1.165, 1.54) is 12.1 Å². The fraction of sp³-hybridized carbons (Fsp3) is 0.368. The number of carbonyl (C=O) groups excluding carboxylic acids is 1. The second kappa shape index (κ2) is 8.43. The smallest absolute Gasteiger partial charge is 0.317 e. The van der Waals surface area contributed by atoms with E-state index in [1.54, 1.807) is 36.5 Å². The molecule has 2 aromatic rings. The van der Waals surface area contributed by atoms with E-state index in [0.29, 0.717) is 6.42 Å². The second-order valence-electron chi connectivity index (χ2n) is 6.00. The maximum absolute atomic E-state index is 12.9. The van der Waals surface area contributed by atoms with Crippen LogP contribution < -0.4 is 5.32 Å². The summed E-state index contributed by atoms with van der Waals surface area (Å²) < 4.78 is 12.9. The van der Waals surface area contributed by atoms with Crippen LogP contribution in [0.15, 0.2) is 48.8 Å². The summed E-state index contributed by atoms with van der Waals surface area (Å²) in [5, 5.41) is 3.00. The summed E-state index contributed by atoms with van der Waals surface area (Å²) in [5.74, 6) is -0.252. The number of nitrogens with one attached hydrogen (secondary N) is 1. The van der Waals surface area contributed by atoms with Crippen molar-refractivity contribution in [3.63, 3.8) is 0 Å². The van der Waals surface area contributed by atoms with Crippen molar-refractivity contribution >= 4 is 6.03 Å². The lowest BCUT2D eigenvalue weighted by molar-refractivity contribution is 0.185. The molecule has 2 atom stereocenters. The van der Waals surface area contributed by atoms with Crippen LogP contribution in [0, 0.1) is 5.82 Å². The van der Waals surface area contributed by atoms with Gasteiger partial charge in [-0.2, -0.15) is 0 Å². The summed E-state index contributed by atoms with van der Waals surface area (Å²) in [5.41, 5.74) is 2.06. The van der Waals surface area contributed by atoms with Crippen LogP contribution in [0.3, 0.4) is 0 Å². The second-order valence-corrected chi connectivity index (χ2v) is 6.00. The van der Waals surface area contributed by atoms with Crippen molar-refractivity contribution in [1.82, 2.24) is 15.2 Å². The van der Waals surface area contributed by atoms with Gasteiger partial charge in [0.15, 0.2) is 0 Å². The van der Waals surface area contributed by atoms with Crippen LogP contribution in [0.1, 0.15) is 37.4 Å².